The second-order valence-electron chi connectivity index (χ2n) is 3.47. The standard InChI is InChI=1S/C11H15F2NO/c1-3-8(14)4-7-5-9(12)11(15-2)10(13)6-7/h5-6,8H,3-4,14H2,1-2H3. The molecule has 2 nitrogen and oxygen atoms in total. The molecule has 15 heavy (non-hydrogen) atoms. The zero-order chi connectivity index (χ0) is 11.4. The highest BCUT2D eigenvalue weighted by molar-refractivity contribution is 5.31. The van der Waals surface area contributed by atoms with Crippen LogP contribution in [0.25, 0.3) is 0 Å². The molecular weight excluding hydrogens is 200 g/mol. The minimum atomic E-state index is -0.684. The molecule has 0 aliphatic carbocycles. The predicted octanol–water partition coefficient (Wildman–Crippen LogP) is 2.25. The third-order valence-electron chi connectivity index (χ3n) is 2.28. The third-order valence-corrected chi connectivity index (χ3v) is 2.28. The lowest BCUT2D eigenvalue weighted by molar-refractivity contribution is 0.359. The van der Waals surface area contributed by atoms with E-state index in [2.05, 4.69) is 4.74 Å². The summed E-state index contributed by atoms with van der Waals surface area (Å²) < 4.78 is 31.1. The number of methoxy groups -OCH3 is 1. The maximum atomic E-state index is 13.3. The van der Waals surface area contributed by atoms with Crippen LogP contribution in [0.15, 0.2) is 12.1 Å². The van der Waals surface area contributed by atoms with Gasteiger partial charge >= 0.3 is 0 Å². The Balaban J connectivity index is 2.93. The summed E-state index contributed by atoms with van der Waals surface area (Å²) in [6.07, 6.45) is 1.24. The molecule has 0 saturated carbocycles. The molecule has 0 aliphatic heterocycles. The van der Waals surface area contributed by atoms with Gasteiger partial charge < -0.3 is 10.5 Å². The Hall–Kier alpha value is -1.16. The van der Waals surface area contributed by atoms with Crippen LogP contribution in [-0.2, 0) is 6.42 Å². The molecule has 1 atom stereocenters. The molecule has 2 N–H and O–H groups in total. The Morgan fingerprint density at radius 3 is 2.27 bits per heavy atom. The van der Waals surface area contributed by atoms with E-state index in [1.165, 1.54) is 19.2 Å². The molecule has 1 aromatic rings. The molecule has 84 valence electrons. The fourth-order valence-corrected chi connectivity index (χ4v) is 1.37. The average molecular weight is 215 g/mol. The van der Waals surface area contributed by atoms with Gasteiger partial charge in [0.2, 0.25) is 0 Å². The largest absolute Gasteiger partial charge is 0.491 e. The van der Waals surface area contributed by atoms with Gasteiger partial charge in [-0.05, 0) is 30.5 Å². The van der Waals surface area contributed by atoms with Gasteiger partial charge in [0, 0.05) is 6.04 Å². The predicted molar refractivity (Wildman–Crippen MR) is 54.9 cm³/mol. The Morgan fingerprint density at radius 2 is 1.87 bits per heavy atom. The lowest BCUT2D eigenvalue weighted by Gasteiger charge is -2.10. The van der Waals surface area contributed by atoms with E-state index in [0.717, 1.165) is 6.42 Å². The summed E-state index contributed by atoms with van der Waals surface area (Å²) in [5.41, 5.74) is 6.26. The van der Waals surface area contributed by atoms with Crippen molar-refractivity contribution in [1.29, 1.82) is 0 Å². The van der Waals surface area contributed by atoms with Gasteiger partial charge in [0.05, 0.1) is 7.11 Å². The molecule has 0 saturated heterocycles. The number of hydrogen-bond donors (Lipinski definition) is 1. The number of ether oxygens (including phenoxy) is 1. The van der Waals surface area contributed by atoms with Crippen LogP contribution in [0.3, 0.4) is 0 Å². The zero-order valence-electron chi connectivity index (χ0n) is 8.89. The molecule has 0 heterocycles. The van der Waals surface area contributed by atoms with E-state index >= 15 is 0 Å². The first-order chi connectivity index (χ1) is 7.08. The molecule has 1 rings (SSSR count). The lowest BCUT2D eigenvalue weighted by Crippen LogP contribution is -2.21. The van der Waals surface area contributed by atoms with Gasteiger partial charge in [-0.2, -0.15) is 0 Å². The van der Waals surface area contributed by atoms with E-state index < -0.39 is 11.6 Å². The smallest absolute Gasteiger partial charge is 0.190 e. The van der Waals surface area contributed by atoms with Gasteiger partial charge in [0.15, 0.2) is 17.4 Å². The van der Waals surface area contributed by atoms with E-state index in [9.17, 15) is 8.78 Å². The van der Waals surface area contributed by atoms with Crippen molar-refractivity contribution in [3.05, 3.63) is 29.3 Å². The van der Waals surface area contributed by atoms with E-state index in [1.54, 1.807) is 0 Å². The second-order valence-corrected chi connectivity index (χ2v) is 3.47. The lowest BCUT2D eigenvalue weighted by atomic mass is 10.0. The first kappa shape index (κ1) is 11.9. The van der Waals surface area contributed by atoms with Crippen molar-refractivity contribution < 1.29 is 13.5 Å². The van der Waals surface area contributed by atoms with E-state index in [0.29, 0.717) is 12.0 Å². The molecule has 0 radical (unpaired) electrons. The van der Waals surface area contributed by atoms with Crippen molar-refractivity contribution in [3.8, 4) is 5.75 Å². The Bertz CT molecular complexity index is 318. The molecule has 0 aliphatic rings. The van der Waals surface area contributed by atoms with Gasteiger partial charge in [-0.1, -0.05) is 6.92 Å². The van der Waals surface area contributed by atoms with E-state index in [1.807, 2.05) is 6.92 Å². The van der Waals surface area contributed by atoms with Crippen LogP contribution >= 0.6 is 0 Å². The molecule has 0 aromatic heterocycles. The zero-order valence-corrected chi connectivity index (χ0v) is 8.89. The minimum absolute atomic E-state index is 0.0720. The monoisotopic (exact) mass is 215 g/mol. The molecule has 4 heteroatoms. The van der Waals surface area contributed by atoms with Gasteiger partial charge in [0.25, 0.3) is 0 Å². The fourth-order valence-electron chi connectivity index (χ4n) is 1.37. The SMILES string of the molecule is CCC(N)Cc1cc(F)c(OC)c(F)c1. The number of halogens is 2. The van der Waals surface area contributed by atoms with Gasteiger partial charge in [-0.3, -0.25) is 0 Å². The summed E-state index contributed by atoms with van der Waals surface area (Å²) in [5.74, 6) is -1.71. The molecule has 0 spiro atoms. The van der Waals surface area contributed by atoms with Crippen LogP contribution < -0.4 is 10.5 Å². The summed E-state index contributed by atoms with van der Waals surface area (Å²) in [4.78, 5) is 0. The van der Waals surface area contributed by atoms with Crippen LogP contribution in [0, 0.1) is 11.6 Å². The number of nitrogens with two attached hydrogens (primary N) is 1. The van der Waals surface area contributed by atoms with Crippen molar-refractivity contribution in [3.63, 3.8) is 0 Å². The first-order valence-electron chi connectivity index (χ1n) is 4.86. The molecule has 0 amide bonds. The summed E-state index contributed by atoms with van der Waals surface area (Å²) >= 11 is 0. The van der Waals surface area contributed by atoms with Crippen molar-refractivity contribution in [2.24, 2.45) is 5.73 Å². The van der Waals surface area contributed by atoms with Crippen LogP contribution in [0.4, 0.5) is 8.78 Å². The molecule has 1 unspecified atom stereocenters. The van der Waals surface area contributed by atoms with Gasteiger partial charge in [-0.25, -0.2) is 8.78 Å². The maximum absolute atomic E-state index is 13.3. The second kappa shape index (κ2) is 5.07. The number of rotatable bonds is 4. The summed E-state index contributed by atoms with van der Waals surface area (Å²) in [6, 6.07) is 2.45. The number of hydrogen-bond acceptors (Lipinski definition) is 2. The van der Waals surface area contributed by atoms with Crippen molar-refractivity contribution >= 4 is 0 Å². The average Bonchev–Trinajstić information content (AvgIpc) is 2.17. The Kier molecular flexibility index (Phi) is 4.03. The fraction of sp³-hybridized carbons (Fsp3) is 0.455. The van der Waals surface area contributed by atoms with Crippen LogP contribution in [0.5, 0.6) is 5.75 Å². The molecule has 0 bridgehead atoms. The highest BCUT2D eigenvalue weighted by atomic mass is 19.1. The van der Waals surface area contributed by atoms with Crippen molar-refractivity contribution in [2.45, 2.75) is 25.8 Å². The van der Waals surface area contributed by atoms with E-state index in [-0.39, 0.29) is 11.8 Å². The summed E-state index contributed by atoms with van der Waals surface area (Å²) in [7, 11) is 1.24. The molecule has 1 aromatic carbocycles. The highest BCUT2D eigenvalue weighted by Crippen LogP contribution is 2.23. The summed E-state index contributed by atoms with van der Waals surface area (Å²) in [6.45, 7) is 1.93. The third kappa shape index (κ3) is 2.89. The normalized spacial score (nSPS) is 12.6. The Morgan fingerprint density at radius 1 is 1.33 bits per heavy atom. The van der Waals surface area contributed by atoms with Crippen molar-refractivity contribution in [1.82, 2.24) is 0 Å². The Labute approximate surface area is 88.0 Å². The molecule has 0 fully saturated rings. The van der Waals surface area contributed by atoms with Crippen molar-refractivity contribution in [2.75, 3.05) is 7.11 Å². The highest BCUT2D eigenvalue weighted by Gasteiger charge is 2.12. The maximum Gasteiger partial charge on any atom is 0.190 e. The topological polar surface area (TPSA) is 35.2 Å². The number of benzene rings is 1. The van der Waals surface area contributed by atoms with Gasteiger partial charge in [0.1, 0.15) is 0 Å². The summed E-state index contributed by atoms with van der Waals surface area (Å²) in [5, 5.41) is 0. The van der Waals surface area contributed by atoms with Crippen LogP contribution in [0.2, 0.25) is 0 Å². The minimum Gasteiger partial charge on any atom is -0.491 e. The van der Waals surface area contributed by atoms with Crippen LogP contribution in [0.1, 0.15) is 18.9 Å². The van der Waals surface area contributed by atoms with Crippen LogP contribution in [-0.4, -0.2) is 13.2 Å². The quantitative estimate of drug-likeness (QED) is 0.836. The van der Waals surface area contributed by atoms with E-state index in [4.69, 9.17) is 5.73 Å². The van der Waals surface area contributed by atoms with Gasteiger partial charge in [-0.15, -0.1) is 0 Å². The first-order valence-corrected chi connectivity index (χ1v) is 4.86. The molecular formula is C11H15F2NO.